The Morgan fingerprint density at radius 3 is 2.75 bits per heavy atom. The Labute approximate surface area is 116 Å². The highest BCUT2D eigenvalue weighted by Crippen LogP contribution is 2.10. The van der Waals surface area contributed by atoms with Gasteiger partial charge in [-0.25, -0.2) is 9.97 Å². The van der Waals surface area contributed by atoms with Gasteiger partial charge in [0.15, 0.2) is 5.84 Å². The topological polar surface area (TPSA) is 101 Å². The number of hydrogen-bond acceptors (Lipinski definition) is 6. The van der Waals surface area contributed by atoms with Gasteiger partial charge in [0.25, 0.3) is 0 Å². The monoisotopic (exact) mass is 272 g/mol. The molecule has 3 N–H and O–H groups in total. The van der Waals surface area contributed by atoms with E-state index in [1.54, 1.807) is 6.20 Å². The van der Waals surface area contributed by atoms with Crippen LogP contribution < -0.4 is 10.6 Å². The minimum Gasteiger partial charge on any atom is -0.409 e. The van der Waals surface area contributed by atoms with Gasteiger partial charge in [0.1, 0.15) is 11.5 Å². The second-order valence-corrected chi connectivity index (χ2v) is 4.37. The number of nitrogens with two attached hydrogens (primary N) is 1. The maximum absolute atomic E-state index is 8.56. The minimum atomic E-state index is -0.0629. The van der Waals surface area contributed by atoms with E-state index in [0.29, 0.717) is 18.1 Å². The summed E-state index contributed by atoms with van der Waals surface area (Å²) in [7, 11) is 1.90. The molecule has 0 fully saturated rings. The first-order valence-corrected chi connectivity index (χ1v) is 6.04. The molecule has 0 radical (unpaired) electrons. The van der Waals surface area contributed by atoms with Crippen LogP contribution in [0.15, 0.2) is 35.7 Å². The zero-order chi connectivity index (χ0) is 14.5. The van der Waals surface area contributed by atoms with Crippen LogP contribution in [0.1, 0.15) is 17.1 Å². The molecule has 7 heteroatoms. The Kier molecular flexibility index (Phi) is 4.09. The Morgan fingerprint density at radius 1 is 1.35 bits per heavy atom. The van der Waals surface area contributed by atoms with E-state index in [1.165, 1.54) is 6.20 Å². The predicted molar refractivity (Wildman–Crippen MR) is 75.6 cm³/mol. The standard InChI is InChI=1S/C13H16N6O/c1-9-4-3-5-10(17-9)8-19(2)12-7-15-11(6-16-12)13(14)18-20/h3-7,20H,8H2,1-2H3,(H2,14,18). The fraction of sp³-hybridized carbons (Fsp3) is 0.231. The molecule has 104 valence electrons. The first kappa shape index (κ1) is 13.7. The molecule has 2 heterocycles. The van der Waals surface area contributed by atoms with Crippen LogP contribution in [-0.2, 0) is 6.54 Å². The smallest absolute Gasteiger partial charge is 0.190 e. The molecule has 0 saturated carbocycles. The van der Waals surface area contributed by atoms with E-state index >= 15 is 0 Å². The van der Waals surface area contributed by atoms with Crippen molar-refractivity contribution in [2.24, 2.45) is 10.9 Å². The quantitative estimate of drug-likeness (QED) is 0.371. The summed E-state index contributed by atoms with van der Waals surface area (Å²) in [6.45, 7) is 2.58. The van der Waals surface area contributed by atoms with Gasteiger partial charge in [0, 0.05) is 12.7 Å². The molecule has 0 amide bonds. The van der Waals surface area contributed by atoms with Crippen molar-refractivity contribution in [2.75, 3.05) is 11.9 Å². The molecule has 0 saturated heterocycles. The third-order valence-electron chi connectivity index (χ3n) is 2.74. The fourth-order valence-corrected chi connectivity index (χ4v) is 1.71. The molecule has 0 bridgehead atoms. The number of pyridine rings is 1. The number of aryl methyl sites for hydroxylation is 1. The van der Waals surface area contributed by atoms with E-state index in [1.807, 2.05) is 37.1 Å². The molecule has 0 spiro atoms. The van der Waals surface area contributed by atoms with E-state index in [2.05, 4.69) is 20.1 Å². The summed E-state index contributed by atoms with van der Waals surface area (Å²) in [6.07, 6.45) is 3.04. The fourth-order valence-electron chi connectivity index (χ4n) is 1.71. The predicted octanol–water partition coefficient (Wildman–Crippen LogP) is 0.911. The van der Waals surface area contributed by atoms with Crippen LogP contribution in [0.3, 0.4) is 0 Å². The minimum absolute atomic E-state index is 0.0629. The van der Waals surface area contributed by atoms with Crippen molar-refractivity contribution in [1.29, 1.82) is 0 Å². The Bertz CT molecular complexity index is 611. The van der Waals surface area contributed by atoms with Crippen LogP contribution in [0.25, 0.3) is 0 Å². The zero-order valence-corrected chi connectivity index (χ0v) is 11.4. The lowest BCUT2D eigenvalue weighted by atomic mass is 10.3. The van der Waals surface area contributed by atoms with E-state index < -0.39 is 0 Å². The third-order valence-corrected chi connectivity index (χ3v) is 2.74. The lowest BCUT2D eigenvalue weighted by Gasteiger charge is -2.17. The van der Waals surface area contributed by atoms with Crippen LogP contribution in [0.4, 0.5) is 5.82 Å². The molecule has 0 aliphatic rings. The second kappa shape index (κ2) is 5.96. The van der Waals surface area contributed by atoms with Crippen molar-refractivity contribution in [3.05, 3.63) is 47.7 Å². The van der Waals surface area contributed by atoms with Crippen molar-refractivity contribution in [3.8, 4) is 0 Å². The average molecular weight is 272 g/mol. The molecule has 0 aromatic carbocycles. The van der Waals surface area contributed by atoms with Gasteiger partial charge in [0.2, 0.25) is 0 Å². The molecular formula is C13H16N6O. The number of oxime groups is 1. The van der Waals surface area contributed by atoms with E-state index in [0.717, 1.165) is 11.4 Å². The lowest BCUT2D eigenvalue weighted by molar-refractivity contribution is 0.318. The van der Waals surface area contributed by atoms with Gasteiger partial charge in [-0.1, -0.05) is 11.2 Å². The molecule has 20 heavy (non-hydrogen) atoms. The van der Waals surface area contributed by atoms with Gasteiger partial charge in [0.05, 0.1) is 24.6 Å². The number of hydrogen-bond donors (Lipinski definition) is 2. The summed E-state index contributed by atoms with van der Waals surface area (Å²) >= 11 is 0. The molecular weight excluding hydrogens is 256 g/mol. The van der Waals surface area contributed by atoms with Crippen LogP contribution >= 0.6 is 0 Å². The first-order valence-electron chi connectivity index (χ1n) is 6.04. The number of nitrogens with zero attached hydrogens (tertiary/aromatic N) is 5. The Hall–Kier alpha value is -2.70. The van der Waals surface area contributed by atoms with Crippen LogP contribution in [0.5, 0.6) is 0 Å². The summed E-state index contributed by atoms with van der Waals surface area (Å²) in [6, 6.07) is 5.88. The van der Waals surface area contributed by atoms with Crippen molar-refractivity contribution in [2.45, 2.75) is 13.5 Å². The third kappa shape index (κ3) is 3.19. The molecule has 2 aromatic heterocycles. The summed E-state index contributed by atoms with van der Waals surface area (Å²) in [5.74, 6) is 0.620. The van der Waals surface area contributed by atoms with Gasteiger partial charge in [-0.05, 0) is 19.1 Å². The van der Waals surface area contributed by atoms with Crippen LogP contribution in [0, 0.1) is 6.92 Å². The maximum atomic E-state index is 8.56. The Morgan fingerprint density at radius 2 is 2.15 bits per heavy atom. The maximum Gasteiger partial charge on any atom is 0.190 e. The van der Waals surface area contributed by atoms with Crippen molar-refractivity contribution in [3.63, 3.8) is 0 Å². The van der Waals surface area contributed by atoms with Crippen molar-refractivity contribution in [1.82, 2.24) is 15.0 Å². The zero-order valence-electron chi connectivity index (χ0n) is 11.4. The molecule has 0 atom stereocenters. The highest BCUT2D eigenvalue weighted by molar-refractivity contribution is 5.94. The molecule has 2 aromatic rings. The molecule has 0 aliphatic heterocycles. The largest absolute Gasteiger partial charge is 0.409 e. The van der Waals surface area contributed by atoms with E-state index in [4.69, 9.17) is 10.9 Å². The lowest BCUT2D eigenvalue weighted by Crippen LogP contribution is -2.20. The van der Waals surface area contributed by atoms with Gasteiger partial charge in [-0.2, -0.15) is 0 Å². The van der Waals surface area contributed by atoms with Crippen LogP contribution in [-0.4, -0.2) is 33.0 Å². The van der Waals surface area contributed by atoms with Gasteiger partial charge < -0.3 is 15.8 Å². The summed E-state index contributed by atoms with van der Waals surface area (Å²) in [5.41, 5.74) is 7.70. The van der Waals surface area contributed by atoms with Crippen LogP contribution in [0.2, 0.25) is 0 Å². The summed E-state index contributed by atoms with van der Waals surface area (Å²) < 4.78 is 0. The number of amidine groups is 1. The SMILES string of the molecule is Cc1cccc(CN(C)c2cnc(/C(N)=N/O)cn2)n1. The van der Waals surface area contributed by atoms with Gasteiger partial charge >= 0.3 is 0 Å². The van der Waals surface area contributed by atoms with E-state index in [-0.39, 0.29) is 5.84 Å². The van der Waals surface area contributed by atoms with Gasteiger partial charge in [-0.3, -0.25) is 4.98 Å². The number of anilines is 1. The molecule has 2 rings (SSSR count). The van der Waals surface area contributed by atoms with Crippen molar-refractivity contribution < 1.29 is 5.21 Å². The molecule has 0 aliphatic carbocycles. The summed E-state index contributed by atoms with van der Waals surface area (Å²) in [5, 5.41) is 11.4. The number of aromatic nitrogens is 3. The normalized spacial score (nSPS) is 11.4. The second-order valence-electron chi connectivity index (χ2n) is 4.37. The summed E-state index contributed by atoms with van der Waals surface area (Å²) in [4.78, 5) is 14.7. The molecule has 7 nitrogen and oxygen atoms in total. The van der Waals surface area contributed by atoms with Crippen molar-refractivity contribution >= 4 is 11.7 Å². The average Bonchev–Trinajstić information content (AvgIpc) is 2.46. The van der Waals surface area contributed by atoms with E-state index in [9.17, 15) is 0 Å². The van der Waals surface area contributed by atoms with Gasteiger partial charge in [-0.15, -0.1) is 0 Å². The highest BCUT2D eigenvalue weighted by atomic mass is 16.4. The first-order chi connectivity index (χ1) is 9.60. The highest BCUT2D eigenvalue weighted by Gasteiger charge is 2.07. The Balaban J connectivity index is 2.11. The molecule has 0 unspecified atom stereocenters. The number of rotatable bonds is 4.